The highest BCUT2D eigenvalue weighted by Gasteiger charge is 2.26. The Balaban J connectivity index is 1.90. The SMILES string of the molecule is CCn1cc(Cc2ccccc2-c2ccc(Cl)c(C(=O)O)c2C(=O)OC)c2ccc(C#N)cc21. The first-order valence-corrected chi connectivity index (χ1v) is 11.0. The minimum Gasteiger partial charge on any atom is -0.478 e. The van der Waals surface area contributed by atoms with E-state index in [1.165, 1.54) is 13.2 Å². The molecule has 0 saturated heterocycles. The van der Waals surface area contributed by atoms with Crippen LogP contribution < -0.4 is 0 Å². The van der Waals surface area contributed by atoms with Crippen LogP contribution in [0.1, 0.15) is 44.3 Å². The topological polar surface area (TPSA) is 92.3 Å². The summed E-state index contributed by atoms with van der Waals surface area (Å²) in [5, 5.41) is 20.0. The third kappa shape index (κ3) is 4.02. The number of carboxylic acid groups (broad SMARTS) is 1. The second-order valence-corrected chi connectivity index (χ2v) is 8.17. The smallest absolute Gasteiger partial charge is 0.339 e. The van der Waals surface area contributed by atoms with Gasteiger partial charge in [0.25, 0.3) is 0 Å². The number of rotatable bonds is 6. The number of aromatic nitrogens is 1. The van der Waals surface area contributed by atoms with Gasteiger partial charge in [0.05, 0.1) is 34.9 Å². The number of nitriles is 1. The fourth-order valence-electron chi connectivity index (χ4n) is 4.31. The quantitative estimate of drug-likeness (QED) is 0.351. The maximum atomic E-state index is 12.7. The minimum atomic E-state index is -1.30. The molecule has 1 heterocycles. The summed E-state index contributed by atoms with van der Waals surface area (Å²) in [6.07, 6.45) is 2.60. The highest BCUT2D eigenvalue weighted by atomic mass is 35.5. The first-order chi connectivity index (χ1) is 16.4. The van der Waals surface area contributed by atoms with E-state index in [0.717, 1.165) is 28.6 Å². The number of fused-ring (bicyclic) bond motifs is 1. The fraction of sp³-hybridized carbons (Fsp3) is 0.148. The van der Waals surface area contributed by atoms with E-state index in [9.17, 15) is 20.0 Å². The molecular weight excluding hydrogens is 452 g/mol. The van der Waals surface area contributed by atoms with Crippen LogP contribution in [0.2, 0.25) is 5.02 Å². The molecule has 1 N–H and O–H groups in total. The van der Waals surface area contributed by atoms with Crippen molar-refractivity contribution in [1.82, 2.24) is 4.57 Å². The number of aryl methyl sites for hydroxylation is 1. The Morgan fingerprint density at radius 1 is 1.06 bits per heavy atom. The molecule has 4 rings (SSSR count). The highest BCUT2D eigenvalue weighted by Crippen LogP contribution is 2.35. The molecule has 4 aromatic rings. The lowest BCUT2D eigenvalue weighted by Crippen LogP contribution is -2.13. The van der Waals surface area contributed by atoms with Crippen LogP contribution in [0.5, 0.6) is 0 Å². The van der Waals surface area contributed by atoms with E-state index in [1.807, 2.05) is 43.3 Å². The van der Waals surface area contributed by atoms with Gasteiger partial charge in [-0.2, -0.15) is 5.26 Å². The minimum absolute atomic E-state index is 0.0338. The fourth-order valence-corrected chi connectivity index (χ4v) is 4.55. The van der Waals surface area contributed by atoms with Crippen LogP contribution in [0.25, 0.3) is 22.0 Å². The zero-order chi connectivity index (χ0) is 24.4. The van der Waals surface area contributed by atoms with Crippen LogP contribution in [0.4, 0.5) is 0 Å². The number of carboxylic acids is 1. The number of aromatic carboxylic acids is 1. The monoisotopic (exact) mass is 472 g/mol. The van der Waals surface area contributed by atoms with Crippen molar-refractivity contribution in [3.63, 3.8) is 0 Å². The number of halogens is 1. The van der Waals surface area contributed by atoms with E-state index in [-0.39, 0.29) is 16.1 Å². The number of hydrogen-bond donors (Lipinski definition) is 1. The van der Waals surface area contributed by atoms with Crippen molar-refractivity contribution in [2.45, 2.75) is 19.9 Å². The lowest BCUT2D eigenvalue weighted by Gasteiger charge is -2.16. The highest BCUT2D eigenvalue weighted by molar-refractivity contribution is 6.34. The molecule has 0 aliphatic rings. The molecule has 0 saturated carbocycles. The van der Waals surface area contributed by atoms with Crippen molar-refractivity contribution in [3.05, 3.63) is 93.6 Å². The maximum absolute atomic E-state index is 12.7. The number of carbonyl (C=O) groups excluding carboxylic acids is 1. The van der Waals surface area contributed by atoms with Gasteiger partial charge in [0.15, 0.2) is 0 Å². The second kappa shape index (κ2) is 9.42. The molecule has 0 amide bonds. The van der Waals surface area contributed by atoms with E-state index < -0.39 is 11.9 Å². The third-order valence-corrected chi connectivity index (χ3v) is 6.20. The number of nitrogens with zero attached hydrogens (tertiary/aromatic N) is 2. The maximum Gasteiger partial charge on any atom is 0.339 e. The van der Waals surface area contributed by atoms with Crippen LogP contribution in [-0.4, -0.2) is 28.7 Å². The van der Waals surface area contributed by atoms with Crippen molar-refractivity contribution in [3.8, 4) is 17.2 Å². The molecule has 0 bridgehead atoms. The van der Waals surface area contributed by atoms with Gasteiger partial charge in [0, 0.05) is 30.1 Å². The van der Waals surface area contributed by atoms with Crippen LogP contribution in [0.3, 0.4) is 0 Å². The number of carbonyl (C=O) groups is 2. The van der Waals surface area contributed by atoms with Crippen LogP contribution in [0.15, 0.2) is 60.8 Å². The lowest BCUT2D eigenvalue weighted by atomic mass is 9.90. The standard InChI is InChI=1S/C27H21ClN2O4/c1-3-30-15-18(20-9-8-16(14-29)12-23(20)30)13-17-6-4-5-7-19(17)21-10-11-22(28)25(26(31)32)24(21)27(33)34-2/h4-12,15H,3,13H2,1-2H3,(H,31,32). The lowest BCUT2D eigenvalue weighted by molar-refractivity contribution is 0.0583. The summed E-state index contributed by atoms with van der Waals surface area (Å²) in [6.45, 7) is 2.79. The first-order valence-electron chi connectivity index (χ1n) is 10.6. The molecular formula is C27H21ClN2O4. The van der Waals surface area contributed by atoms with Crippen molar-refractivity contribution in [2.24, 2.45) is 0 Å². The van der Waals surface area contributed by atoms with Gasteiger partial charge in [-0.25, -0.2) is 9.59 Å². The van der Waals surface area contributed by atoms with Crippen molar-refractivity contribution >= 4 is 34.4 Å². The van der Waals surface area contributed by atoms with Gasteiger partial charge in [-0.3, -0.25) is 0 Å². The van der Waals surface area contributed by atoms with Crippen molar-refractivity contribution < 1.29 is 19.4 Å². The Labute approximate surface area is 201 Å². The van der Waals surface area contributed by atoms with Crippen molar-refractivity contribution in [1.29, 1.82) is 5.26 Å². The van der Waals surface area contributed by atoms with E-state index in [0.29, 0.717) is 23.1 Å². The summed E-state index contributed by atoms with van der Waals surface area (Å²) in [6, 6.07) is 18.5. The summed E-state index contributed by atoms with van der Waals surface area (Å²) in [5.74, 6) is -2.07. The molecule has 0 aliphatic carbocycles. The molecule has 0 atom stereocenters. The van der Waals surface area contributed by atoms with Gasteiger partial charge in [-0.1, -0.05) is 48.0 Å². The van der Waals surface area contributed by atoms with E-state index in [1.54, 1.807) is 12.1 Å². The number of methoxy groups -OCH3 is 1. The average molecular weight is 473 g/mol. The zero-order valence-electron chi connectivity index (χ0n) is 18.6. The van der Waals surface area contributed by atoms with Gasteiger partial charge < -0.3 is 14.4 Å². The summed E-state index contributed by atoms with van der Waals surface area (Å²) in [5.41, 5.74) is 4.33. The Morgan fingerprint density at radius 2 is 1.82 bits per heavy atom. The predicted molar refractivity (Wildman–Crippen MR) is 130 cm³/mol. The molecule has 0 fully saturated rings. The molecule has 6 nitrogen and oxygen atoms in total. The Hall–Kier alpha value is -4.08. The summed E-state index contributed by atoms with van der Waals surface area (Å²) in [7, 11) is 1.21. The first kappa shape index (κ1) is 23.1. The molecule has 170 valence electrons. The van der Waals surface area contributed by atoms with Crippen LogP contribution in [0, 0.1) is 11.3 Å². The molecule has 1 aromatic heterocycles. The van der Waals surface area contributed by atoms with Gasteiger partial charge in [0.1, 0.15) is 0 Å². The van der Waals surface area contributed by atoms with Gasteiger partial charge in [0.2, 0.25) is 0 Å². The average Bonchev–Trinajstić information content (AvgIpc) is 3.20. The second-order valence-electron chi connectivity index (χ2n) is 7.76. The molecule has 34 heavy (non-hydrogen) atoms. The number of esters is 1. The normalized spacial score (nSPS) is 10.8. The van der Waals surface area contributed by atoms with E-state index >= 15 is 0 Å². The zero-order valence-corrected chi connectivity index (χ0v) is 19.4. The Morgan fingerprint density at radius 3 is 2.50 bits per heavy atom. The summed E-state index contributed by atoms with van der Waals surface area (Å²) in [4.78, 5) is 24.6. The predicted octanol–water partition coefficient (Wildman–Crippen LogP) is 5.93. The molecule has 3 aromatic carbocycles. The molecule has 0 unspecified atom stereocenters. The number of ether oxygens (including phenoxy) is 1. The van der Waals surface area contributed by atoms with E-state index in [2.05, 4.69) is 16.8 Å². The van der Waals surface area contributed by atoms with Gasteiger partial charge in [-0.15, -0.1) is 0 Å². The molecule has 0 aliphatic heterocycles. The van der Waals surface area contributed by atoms with E-state index in [4.69, 9.17) is 16.3 Å². The Bertz CT molecular complexity index is 1480. The Kier molecular flexibility index (Phi) is 6.40. The van der Waals surface area contributed by atoms with Crippen LogP contribution in [-0.2, 0) is 17.7 Å². The van der Waals surface area contributed by atoms with Crippen LogP contribution >= 0.6 is 11.6 Å². The largest absolute Gasteiger partial charge is 0.478 e. The van der Waals surface area contributed by atoms with Crippen molar-refractivity contribution in [2.75, 3.05) is 7.11 Å². The summed E-state index contributed by atoms with van der Waals surface area (Å²) >= 11 is 6.15. The van der Waals surface area contributed by atoms with Gasteiger partial charge >= 0.3 is 11.9 Å². The molecule has 0 spiro atoms. The third-order valence-electron chi connectivity index (χ3n) is 5.88. The number of benzene rings is 3. The molecule has 7 heteroatoms. The summed E-state index contributed by atoms with van der Waals surface area (Å²) < 4.78 is 7.01. The number of hydrogen-bond acceptors (Lipinski definition) is 4. The van der Waals surface area contributed by atoms with Gasteiger partial charge in [-0.05, 0) is 47.4 Å². The molecule has 0 radical (unpaired) electrons.